The zero-order valence-electron chi connectivity index (χ0n) is 7.63. The predicted octanol–water partition coefficient (Wildman–Crippen LogP) is 0.744. The van der Waals surface area contributed by atoms with Crippen LogP contribution in [0.2, 0.25) is 0 Å². The third-order valence-electron chi connectivity index (χ3n) is 1.84. The van der Waals surface area contributed by atoms with Crippen molar-refractivity contribution in [3.05, 3.63) is 0 Å². The summed E-state index contributed by atoms with van der Waals surface area (Å²) < 4.78 is 10.7. The van der Waals surface area contributed by atoms with E-state index in [2.05, 4.69) is 12.2 Å². The molecule has 11 heavy (non-hydrogen) atoms. The summed E-state index contributed by atoms with van der Waals surface area (Å²) in [5.41, 5.74) is 0. The molecule has 1 rings (SSSR count). The molecule has 0 aromatic rings. The number of epoxide rings is 1. The Bertz CT molecular complexity index is 127. The predicted molar refractivity (Wildman–Crippen MR) is 43.4 cm³/mol. The second kappa shape index (κ2) is 3.52. The molecule has 0 aliphatic carbocycles. The van der Waals surface area contributed by atoms with Crippen LogP contribution in [0.4, 0.5) is 0 Å². The van der Waals surface area contributed by atoms with E-state index in [0.717, 1.165) is 0 Å². The topological polar surface area (TPSA) is 33.8 Å². The van der Waals surface area contributed by atoms with Crippen molar-refractivity contribution in [2.75, 3.05) is 7.05 Å². The van der Waals surface area contributed by atoms with Crippen molar-refractivity contribution in [2.24, 2.45) is 0 Å². The van der Waals surface area contributed by atoms with E-state index in [0.29, 0.717) is 6.04 Å². The highest BCUT2D eigenvalue weighted by atomic mass is 16.8. The van der Waals surface area contributed by atoms with Crippen molar-refractivity contribution in [3.63, 3.8) is 0 Å². The van der Waals surface area contributed by atoms with Gasteiger partial charge in [-0.3, -0.25) is 0 Å². The number of rotatable bonds is 4. The summed E-state index contributed by atoms with van der Waals surface area (Å²) in [4.78, 5) is 0. The minimum atomic E-state index is 0.0254. The second-order valence-corrected chi connectivity index (χ2v) is 3.23. The van der Waals surface area contributed by atoms with E-state index in [1.54, 1.807) is 0 Å². The van der Waals surface area contributed by atoms with E-state index >= 15 is 0 Å². The smallest absolute Gasteiger partial charge is 0.186 e. The van der Waals surface area contributed by atoms with Crippen LogP contribution in [0.15, 0.2) is 0 Å². The Kier molecular flexibility index (Phi) is 2.87. The number of hydrogen-bond donors (Lipinski definition) is 1. The first-order valence-corrected chi connectivity index (χ1v) is 4.13. The SMILES string of the molecule is CNC(C)C1OC1OC(C)C. The van der Waals surface area contributed by atoms with Crippen molar-refractivity contribution < 1.29 is 9.47 Å². The van der Waals surface area contributed by atoms with E-state index in [9.17, 15) is 0 Å². The van der Waals surface area contributed by atoms with Crippen LogP contribution in [0.3, 0.4) is 0 Å². The molecule has 0 aromatic heterocycles. The third-order valence-corrected chi connectivity index (χ3v) is 1.84. The Labute approximate surface area is 68.1 Å². The molecule has 0 saturated carbocycles. The summed E-state index contributed by atoms with van der Waals surface area (Å²) in [6.45, 7) is 6.12. The lowest BCUT2D eigenvalue weighted by molar-refractivity contribution is 0.00797. The number of nitrogens with one attached hydrogen (secondary N) is 1. The van der Waals surface area contributed by atoms with Crippen molar-refractivity contribution in [3.8, 4) is 0 Å². The van der Waals surface area contributed by atoms with Crippen molar-refractivity contribution in [1.82, 2.24) is 5.32 Å². The molecule has 3 atom stereocenters. The van der Waals surface area contributed by atoms with Gasteiger partial charge in [0.1, 0.15) is 6.10 Å². The number of hydrogen-bond acceptors (Lipinski definition) is 3. The molecule has 0 bridgehead atoms. The van der Waals surface area contributed by atoms with Gasteiger partial charge < -0.3 is 14.8 Å². The minimum absolute atomic E-state index is 0.0254. The van der Waals surface area contributed by atoms with Gasteiger partial charge in [0, 0.05) is 6.04 Å². The summed E-state index contributed by atoms with van der Waals surface area (Å²) in [5, 5.41) is 3.13. The summed E-state index contributed by atoms with van der Waals surface area (Å²) in [5.74, 6) is 0. The van der Waals surface area contributed by atoms with Crippen LogP contribution in [0.5, 0.6) is 0 Å². The first kappa shape index (κ1) is 8.97. The van der Waals surface area contributed by atoms with E-state index in [1.165, 1.54) is 0 Å². The molecule has 1 aliphatic rings. The molecule has 66 valence electrons. The van der Waals surface area contributed by atoms with Gasteiger partial charge in [0.2, 0.25) is 0 Å². The molecule has 0 amide bonds. The quantitative estimate of drug-likeness (QED) is 0.614. The molecule has 0 radical (unpaired) electrons. The van der Waals surface area contributed by atoms with Gasteiger partial charge in [-0.15, -0.1) is 0 Å². The largest absolute Gasteiger partial charge is 0.347 e. The third kappa shape index (κ3) is 2.43. The lowest BCUT2D eigenvalue weighted by atomic mass is 10.2. The number of ether oxygens (including phenoxy) is 2. The Morgan fingerprint density at radius 2 is 2.00 bits per heavy atom. The minimum Gasteiger partial charge on any atom is -0.347 e. The Morgan fingerprint density at radius 1 is 1.36 bits per heavy atom. The van der Waals surface area contributed by atoms with E-state index in [1.807, 2.05) is 20.9 Å². The van der Waals surface area contributed by atoms with Gasteiger partial charge in [0.15, 0.2) is 6.29 Å². The monoisotopic (exact) mass is 159 g/mol. The van der Waals surface area contributed by atoms with Gasteiger partial charge in [-0.1, -0.05) is 0 Å². The van der Waals surface area contributed by atoms with Gasteiger partial charge in [0.25, 0.3) is 0 Å². The molecule has 1 aliphatic heterocycles. The van der Waals surface area contributed by atoms with E-state index < -0.39 is 0 Å². The molecule has 3 nitrogen and oxygen atoms in total. The standard InChI is InChI=1S/C8H17NO2/c1-5(2)10-8-7(11-8)6(3)9-4/h5-9H,1-4H3. The van der Waals surface area contributed by atoms with Gasteiger partial charge >= 0.3 is 0 Å². The van der Waals surface area contributed by atoms with E-state index in [4.69, 9.17) is 9.47 Å². The normalized spacial score (nSPS) is 32.5. The fourth-order valence-corrected chi connectivity index (χ4v) is 1.01. The lowest BCUT2D eigenvalue weighted by Crippen LogP contribution is -2.29. The summed E-state index contributed by atoms with van der Waals surface area (Å²) in [6.07, 6.45) is 0.536. The van der Waals surface area contributed by atoms with Gasteiger partial charge in [-0.05, 0) is 27.8 Å². The highest BCUT2D eigenvalue weighted by Gasteiger charge is 2.44. The molecular formula is C8H17NO2. The van der Waals surface area contributed by atoms with Gasteiger partial charge in [-0.2, -0.15) is 0 Å². The molecule has 1 saturated heterocycles. The highest BCUT2D eigenvalue weighted by Crippen LogP contribution is 2.27. The lowest BCUT2D eigenvalue weighted by Gasteiger charge is -2.06. The molecule has 1 fully saturated rings. The molecule has 0 aromatic carbocycles. The maximum Gasteiger partial charge on any atom is 0.186 e. The fraction of sp³-hybridized carbons (Fsp3) is 1.00. The highest BCUT2D eigenvalue weighted by molar-refractivity contribution is 4.86. The molecule has 1 N–H and O–H groups in total. The van der Waals surface area contributed by atoms with Crippen LogP contribution in [0.1, 0.15) is 20.8 Å². The molecule has 0 spiro atoms. The second-order valence-electron chi connectivity index (χ2n) is 3.23. The van der Waals surface area contributed by atoms with Crippen LogP contribution in [0.25, 0.3) is 0 Å². The Balaban J connectivity index is 2.15. The molecule has 3 unspecified atom stereocenters. The van der Waals surface area contributed by atoms with Crippen molar-refractivity contribution in [2.45, 2.75) is 45.3 Å². The van der Waals surface area contributed by atoms with Crippen LogP contribution in [-0.2, 0) is 9.47 Å². The van der Waals surface area contributed by atoms with Gasteiger partial charge in [0.05, 0.1) is 6.10 Å². The summed E-state index contributed by atoms with van der Waals surface area (Å²) in [6, 6.07) is 0.388. The van der Waals surface area contributed by atoms with Crippen LogP contribution >= 0.6 is 0 Å². The van der Waals surface area contributed by atoms with Crippen LogP contribution < -0.4 is 5.32 Å². The van der Waals surface area contributed by atoms with Crippen LogP contribution in [0, 0.1) is 0 Å². The Morgan fingerprint density at radius 3 is 2.45 bits per heavy atom. The average Bonchev–Trinajstić information content (AvgIpc) is 2.65. The maximum atomic E-state index is 5.43. The maximum absolute atomic E-state index is 5.43. The first-order chi connectivity index (χ1) is 5.15. The number of likely N-dealkylation sites (N-methyl/N-ethyl adjacent to an activating group) is 1. The van der Waals surface area contributed by atoms with Crippen LogP contribution in [-0.4, -0.2) is 31.6 Å². The van der Waals surface area contributed by atoms with Crippen molar-refractivity contribution in [1.29, 1.82) is 0 Å². The Hall–Kier alpha value is -0.120. The fourth-order valence-electron chi connectivity index (χ4n) is 1.01. The average molecular weight is 159 g/mol. The zero-order valence-corrected chi connectivity index (χ0v) is 7.63. The first-order valence-electron chi connectivity index (χ1n) is 4.13. The molecule has 3 heteroatoms. The van der Waals surface area contributed by atoms with Crippen molar-refractivity contribution >= 4 is 0 Å². The molecular weight excluding hydrogens is 142 g/mol. The summed E-state index contributed by atoms with van der Waals surface area (Å²) in [7, 11) is 1.93. The van der Waals surface area contributed by atoms with E-state index in [-0.39, 0.29) is 18.5 Å². The van der Waals surface area contributed by atoms with Gasteiger partial charge in [-0.25, -0.2) is 0 Å². The summed E-state index contributed by atoms with van der Waals surface area (Å²) >= 11 is 0. The zero-order chi connectivity index (χ0) is 8.43. The molecule has 1 heterocycles.